The minimum absolute atomic E-state index is 0. The number of H-pyrrole nitrogens is 1. The van der Waals surface area contributed by atoms with E-state index in [1.807, 2.05) is 18.2 Å². The molecule has 1 amide bonds. The van der Waals surface area contributed by atoms with Crippen molar-refractivity contribution >= 4 is 22.6 Å². The summed E-state index contributed by atoms with van der Waals surface area (Å²) in [6.07, 6.45) is 3.00. The summed E-state index contributed by atoms with van der Waals surface area (Å²) in [7, 11) is 0. The number of tetrazole rings is 1. The Morgan fingerprint density at radius 3 is 2.54 bits per heavy atom. The topological polar surface area (TPSA) is 158 Å². The number of fused-ring (bicyclic) bond motifs is 1. The number of unbranched alkanes of at least 4 members (excludes halogenated alkanes) is 1. The van der Waals surface area contributed by atoms with Gasteiger partial charge in [-0.3, -0.25) is 9.59 Å². The number of anilines is 1. The fraction of sp³-hybridized carbons (Fsp3) is 0.148. The summed E-state index contributed by atoms with van der Waals surface area (Å²) in [5.41, 5.74) is 2.08. The van der Waals surface area contributed by atoms with Crippen molar-refractivity contribution in [2.75, 3.05) is 11.9 Å². The van der Waals surface area contributed by atoms with Crippen molar-refractivity contribution in [1.29, 1.82) is 0 Å². The number of carbonyl (C=O) groups excluding carboxylic acids is 1. The molecule has 5 aromatic rings. The normalized spacial score (nSPS) is 10.6. The fourth-order valence-corrected chi connectivity index (χ4v) is 3.81. The monoisotopic (exact) mass is 498 g/mol. The number of amides is 1. The smallest absolute Gasteiger partial charge is 0.255 e. The molecule has 0 saturated carbocycles. The van der Waals surface area contributed by atoms with Crippen LogP contribution in [0.2, 0.25) is 0 Å². The first-order valence-electron chi connectivity index (χ1n) is 11.6. The lowest BCUT2D eigenvalue weighted by atomic mass is 10.1. The Kier molecular flexibility index (Phi) is 8.01. The van der Waals surface area contributed by atoms with Crippen LogP contribution in [0.5, 0.6) is 5.75 Å². The Bertz CT molecular complexity index is 1520. The van der Waals surface area contributed by atoms with Gasteiger partial charge in [0.05, 0.1) is 17.7 Å². The van der Waals surface area contributed by atoms with Crippen LogP contribution in [0, 0.1) is 0 Å². The predicted molar refractivity (Wildman–Crippen MR) is 140 cm³/mol. The van der Waals surface area contributed by atoms with E-state index in [0.29, 0.717) is 29.0 Å². The average molecular weight is 499 g/mol. The van der Waals surface area contributed by atoms with Crippen LogP contribution in [0.4, 0.5) is 5.69 Å². The zero-order valence-corrected chi connectivity index (χ0v) is 20.0. The predicted octanol–water partition coefficient (Wildman–Crippen LogP) is 4.79. The molecular weight excluding hydrogens is 472 g/mol. The lowest BCUT2D eigenvalue weighted by molar-refractivity contribution is 0.102. The van der Waals surface area contributed by atoms with Gasteiger partial charge >= 0.3 is 0 Å². The van der Waals surface area contributed by atoms with E-state index in [1.54, 1.807) is 42.5 Å². The number of para-hydroxylation sites is 1. The summed E-state index contributed by atoms with van der Waals surface area (Å²) in [6.45, 7) is 0.607. The maximum absolute atomic E-state index is 12.9. The molecule has 10 nitrogen and oxygen atoms in total. The minimum atomic E-state index is -0.343. The molecular formula is C27H26N6O4. The number of benzene rings is 3. The second-order valence-electron chi connectivity index (χ2n) is 8.16. The first-order valence-corrected chi connectivity index (χ1v) is 11.6. The third kappa shape index (κ3) is 6.06. The van der Waals surface area contributed by atoms with Crippen molar-refractivity contribution < 1.29 is 13.9 Å². The summed E-state index contributed by atoms with van der Waals surface area (Å²) >= 11 is 0. The molecule has 0 atom stereocenters. The van der Waals surface area contributed by atoms with Crippen molar-refractivity contribution in [3.8, 4) is 17.3 Å². The number of aryl methyl sites for hydroxylation is 1. The minimum Gasteiger partial charge on any atom is -0.494 e. The average Bonchev–Trinajstić information content (AvgIpc) is 3.45. The van der Waals surface area contributed by atoms with E-state index in [-0.39, 0.29) is 34.7 Å². The van der Waals surface area contributed by atoms with Gasteiger partial charge in [0.2, 0.25) is 5.82 Å². The SMILES string of the molecule is N.O=C(Nc1cccc2c(=O)cc(-c3nn[nH]n3)oc12)c1ccc(OCCCCc2ccccc2)cc1. The number of hydrogen-bond acceptors (Lipinski definition) is 8. The Morgan fingerprint density at radius 2 is 1.78 bits per heavy atom. The highest BCUT2D eigenvalue weighted by molar-refractivity contribution is 6.08. The van der Waals surface area contributed by atoms with Gasteiger partial charge in [0.1, 0.15) is 5.75 Å². The molecule has 5 N–H and O–H groups in total. The molecule has 188 valence electrons. The molecule has 0 radical (unpaired) electrons. The van der Waals surface area contributed by atoms with E-state index in [1.165, 1.54) is 11.6 Å². The van der Waals surface area contributed by atoms with Gasteiger partial charge in [-0.15, -0.1) is 10.2 Å². The summed E-state index contributed by atoms with van der Waals surface area (Å²) < 4.78 is 11.7. The summed E-state index contributed by atoms with van der Waals surface area (Å²) in [6, 6.07) is 23.6. The lowest BCUT2D eigenvalue weighted by Crippen LogP contribution is -2.13. The van der Waals surface area contributed by atoms with Crippen molar-refractivity contribution in [3.63, 3.8) is 0 Å². The molecule has 5 rings (SSSR count). The van der Waals surface area contributed by atoms with Crippen LogP contribution in [0.3, 0.4) is 0 Å². The number of aromatic nitrogens is 4. The number of aromatic amines is 1. The Morgan fingerprint density at radius 1 is 0.973 bits per heavy atom. The highest BCUT2D eigenvalue weighted by atomic mass is 16.5. The van der Waals surface area contributed by atoms with Crippen LogP contribution in [0.1, 0.15) is 28.8 Å². The standard InChI is InChI=1S/C27H23N5O4.H3N/c33-23-17-24(26-29-31-32-30-26)36-25-21(23)10-6-11-22(25)28-27(34)19-12-14-20(15-13-19)35-16-5-4-9-18-7-2-1-3-8-18;/h1-3,6-8,10-15,17H,4-5,9,16H2,(H,28,34)(H,29,30,31,32);1H3. The maximum atomic E-state index is 12.9. The van der Waals surface area contributed by atoms with Gasteiger partial charge in [0.15, 0.2) is 16.8 Å². The second kappa shape index (κ2) is 11.7. The van der Waals surface area contributed by atoms with Gasteiger partial charge in [0.25, 0.3) is 5.91 Å². The Labute approximate surface area is 212 Å². The van der Waals surface area contributed by atoms with Gasteiger partial charge in [-0.25, -0.2) is 0 Å². The van der Waals surface area contributed by atoms with Crippen LogP contribution in [-0.4, -0.2) is 33.1 Å². The van der Waals surface area contributed by atoms with Crippen molar-refractivity contribution in [2.45, 2.75) is 19.3 Å². The molecule has 0 unspecified atom stereocenters. The molecule has 0 aliphatic rings. The van der Waals surface area contributed by atoms with Crippen LogP contribution in [0.15, 0.2) is 88.1 Å². The number of ether oxygens (including phenoxy) is 1. The first kappa shape index (κ1) is 25.3. The van der Waals surface area contributed by atoms with E-state index in [2.05, 4.69) is 38.1 Å². The van der Waals surface area contributed by atoms with E-state index >= 15 is 0 Å². The van der Waals surface area contributed by atoms with Gasteiger partial charge in [0, 0.05) is 11.6 Å². The molecule has 10 heteroatoms. The van der Waals surface area contributed by atoms with Crippen LogP contribution >= 0.6 is 0 Å². The summed E-state index contributed by atoms with van der Waals surface area (Å²) in [4.78, 5) is 25.5. The maximum Gasteiger partial charge on any atom is 0.255 e. The molecule has 0 fully saturated rings. The molecule has 0 aliphatic carbocycles. The van der Waals surface area contributed by atoms with Crippen molar-refractivity contribution in [1.82, 2.24) is 26.8 Å². The van der Waals surface area contributed by atoms with E-state index in [4.69, 9.17) is 9.15 Å². The van der Waals surface area contributed by atoms with Crippen molar-refractivity contribution in [3.05, 3.63) is 100 Å². The molecule has 0 saturated heterocycles. The largest absolute Gasteiger partial charge is 0.494 e. The highest BCUT2D eigenvalue weighted by Gasteiger charge is 2.15. The molecule has 0 bridgehead atoms. The second-order valence-corrected chi connectivity index (χ2v) is 8.16. The molecule has 3 aromatic carbocycles. The zero-order chi connectivity index (χ0) is 24.7. The highest BCUT2D eigenvalue weighted by Crippen LogP contribution is 2.26. The van der Waals surface area contributed by atoms with E-state index in [9.17, 15) is 9.59 Å². The van der Waals surface area contributed by atoms with Gasteiger partial charge in [-0.1, -0.05) is 36.4 Å². The molecule has 0 aliphatic heterocycles. The number of rotatable bonds is 9. The Balaban J connectivity index is 0.00000320. The van der Waals surface area contributed by atoms with Crippen molar-refractivity contribution in [2.24, 2.45) is 0 Å². The third-order valence-corrected chi connectivity index (χ3v) is 5.66. The van der Waals surface area contributed by atoms with Gasteiger partial charge in [-0.2, -0.15) is 5.21 Å². The number of nitrogens with zero attached hydrogens (tertiary/aromatic N) is 3. The third-order valence-electron chi connectivity index (χ3n) is 5.66. The molecule has 2 heterocycles. The molecule has 2 aromatic heterocycles. The molecule has 0 spiro atoms. The summed E-state index contributed by atoms with van der Waals surface area (Å²) in [5.74, 6) is 0.649. The zero-order valence-electron chi connectivity index (χ0n) is 20.0. The number of carbonyl (C=O) groups is 1. The fourth-order valence-electron chi connectivity index (χ4n) is 3.81. The summed E-state index contributed by atoms with van der Waals surface area (Å²) in [5, 5.41) is 16.7. The first-order chi connectivity index (χ1) is 17.7. The molecule has 37 heavy (non-hydrogen) atoms. The Hall–Kier alpha value is -4.83. The quantitative estimate of drug-likeness (QED) is 0.245. The number of nitrogens with one attached hydrogen (secondary N) is 2. The van der Waals surface area contributed by atoms with E-state index < -0.39 is 0 Å². The van der Waals surface area contributed by atoms with Gasteiger partial charge < -0.3 is 20.6 Å². The van der Waals surface area contributed by atoms with Crippen LogP contribution in [-0.2, 0) is 6.42 Å². The van der Waals surface area contributed by atoms with E-state index in [0.717, 1.165) is 19.3 Å². The van der Waals surface area contributed by atoms with Gasteiger partial charge in [-0.05, 0) is 66.4 Å². The number of hydrogen-bond donors (Lipinski definition) is 3. The lowest BCUT2D eigenvalue weighted by Gasteiger charge is -2.10. The van der Waals surface area contributed by atoms with Crippen LogP contribution < -0.4 is 21.6 Å². The van der Waals surface area contributed by atoms with Crippen LogP contribution in [0.25, 0.3) is 22.6 Å².